The second-order valence-corrected chi connectivity index (χ2v) is 7.33. The van der Waals surface area contributed by atoms with Crippen molar-refractivity contribution in [2.24, 2.45) is 5.92 Å². The smallest absolute Gasteiger partial charge is 0.208 e. The van der Waals surface area contributed by atoms with Gasteiger partial charge >= 0.3 is 0 Å². The van der Waals surface area contributed by atoms with Crippen LogP contribution in [0, 0.1) is 5.92 Å². The first-order chi connectivity index (χ1) is 10.9. The molecule has 1 fully saturated rings. The predicted molar refractivity (Wildman–Crippen MR) is 91.8 cm³/mol. The normalized spacial score (nSPS) is 28.8. The maximum Gasteiger partial charge on any atom is 0.208 e. The van der Waals surface area contributed by atoms with Crippen LogP contribution >= 0.6 is 0 Å². The van der Waals surface area contributed by atoms with E-state index < -0.39 is 5.79 Å². The van der Waals surface area contributed by atoms with Crippen molar-refractivity contribution < 1.29 is 14.9 Å². The molecule has 2 N–H and O–H groups in total. The average Bonchev–Trinajstić information content (AvgIpc) is 2.46. The Bertz CT molecular complexity index is 607. The fraction of sp³-hybridized carbons (Fsp3) is 0.600. The first kappa shape index (κ1) is 16.4. The van der Waals surface area contributed by atoms with Crippen molar-refractivity contribution in [2.75, 3.05) is 0 Å². The number of rotatable bonds is 5. The average molecular weight is 316 g/mol. The Balaban J connectivity index is 1.96. The Morgan fingerprint density at radius 1 is 1.39 bits per heavy atom. The topological polar surface area (TPSA) is 49.7 Å². The van der Waals surface area contributed by atoms with Crippen molar-refractivity contribution in [3.8, 4) is 11.5 Å². The van der Waals surface area contributed by atoms with Crippen molar-refractivity contribution in [3.63, 3.8) is 0 Å². The van der Waals surface area contributed by atoms with E-state index in [4.69, 9.17) is 4.74 Å². The van der Waals surface area contributed by atoms with Crippen molar-refractivity contribution in [2.45, 2.75) is 70.5 Å². The minimum Gasteiger partial charge on any atom is -0.508 e. The number of hydrogen-bond donors (Lipinski definition) is 2. The summed E-state index contributed by atoms with van der Waals surface area (Å²) in [4.78, 5) is 0. The second-order valence-electron chi connectivity index (χ2n) is 7.33. The van der Waals surface area contributed by atoms with Gasteiger partial charge in [0.15, 0.2) is 0 Å². The molecule has 2 aliphatic rings. The molecule has 1 saturated carbocycles. The monoisotopic (exact) mass is 316 g/mol. The van der Waals surface area contributed by atoms with E-state index in [9.17, 15) is 10.2 Å². The van der Waals surface area contributed by atoms with Crippen LogP contribution in [-0.4, -0.2) is 16.0 Å². The van der Waals surface area contributed by atoms with Crippen LogP contribution in [0.25, 0.3) is 0 Å². The SMILES string of the molecule is C=C(C)C1CCC2(O)CC1c1c(O)cc(CCCCC)cc1O2. The molecule has 1 aliphatic heterocycles. The first-order valence-electron chi connectivity index (χ1n) is 8.86. The summed E-state index contributed by atoms with van der Waals surface area (Å²) in [7, 11) is 0. The maximum atomic E-state index is 10.7. The van der Waals surface area contributed by atoms with E-state index in [1.54, 1.807) is 0 Å². The van der Waals surface area contributed by atoms with Crippen LogP contribution in [0.15, 0.2) is 24.3 Å². The van der Waals surface area contributed by atoms with Crippen LogP contribution in [0.3, 0.4) is 0 Å². The van der Waals surface area contributed by atoms with Crippen molar-refractivity contribution in [1.82, 2.24) is 0 Å². The zero-order valence-electron chi connectivity index (χ0n) is 14.3. The number of unbranched alkanes of at least 4 members (excludes halogenated alkanes) is 2. The Kier molecular flexibility index (Phi) is 4.41. The third-order valence-corrected chi connectivity index (χ3v) is 5.42. The number of allylic oxidation sites excluding steroid dienone is 1. The summed E-state index contributed by atoms with van der Waals surface area (Å²) in [5.41, 5.74) is 3.07. The van der Waals surface area contributed by atoms with Gasteiger partial charge < -0.3 is 14.9 Å². The van der Waals surface area contributed by atoms with Crippen LogP contribution < -0.4 is 4.74 Å². The highest BCUT2D eigenvalue weighted by molar-refractivity contribution is 5.52. The van der Waals surface area contributed by atoms with Gasteiger partial charge in [0.1, 0.15) is 11.5 Å². The van der Waals surface area contributed by atoms with Crippen LogP contribution in [0.4, 0.5) is 0 Å². The van der Waals surface area contributed by atoms with Gasteiger partial charge in [-0.1, -0.05) is 31.9 Å². The number of aromatic hydroxyl groups is 1. The molecule has 3 atom stereocenters. The van der Waals surface area contributed by atoms with Crippen molar-refractivity contribution >= 4 is 0 Å². The van der Waals surface area contributed by atoms with E-state index >= 15 is 0 Å². The molecule has 1 aromatic rings. The summed E-state index contributed by atoms with van der Waals surface area (Å²) in [5, 5.41) is 21.3. The largest absolute Gasteiger partial charge is 0.508 e. The van der Waals surface area contributed by atoms with Gasteiger partial charge in [-0.15, -0.1) is 0 Å². The number of phenolic OH excluding ortho intramolecular Hbond substituents is 1. The molecule has 1 heterocycles. The molecule has 3 unspecified atom stereocenters. The summed E-state index contributed by atoms with van der Waals surface area (Å²) in [6, 6.07) is 3.90. The van der Waals surface area contributed by atoms with Gasteiger partial charge in [0.25, 0.3) is 0 Å². The lowest BCUT2D eigenvalue weighted by Crippen LogP contribution is -2.46. The summed E-state index contributed by atoms with van der Waals surface area (Å²) in [5.74, 6) is 0.294. The molecule has 0 spiro atoms. The molecular weight excluding hydrogens is 288 g/mol. The molecule has 0 amide bonds. The van der Waals surface area contributed by atoms with Gasteiger partial charge in [-0.05, 0) is 49.8 Å². The van der Waals surface area contributed by atoms with Gasteiger partial charge in [-0.25, -0.2) is 0 Å². The van der Waals surface area contributed by atoms with E-state index in [0.717, 1.165) is 36.0 Å². The standard InChI is InChI=1S/C20H28O3/c1-4-5-6-7-14-10-17(21)19-16-12-20(22,23-18(19)11-14)9-8-15(16)13(2)3/h10-11,15-16,21-22H,2,4-9,12H2,1,3H3. The fourth-order valence-electron chi connectivity index (χ4n) is 4.21. The van der Waals surface area contributed by atoms with E-state index in [0.29, 0.717) is 30.3 Å². The van der Waals surface area contributed by atoms with E-state index in [1.165, 1.54) is 12.8 Å². The first-order valence-corrected chi connectivity index (χ1v) is 8.86. The number of phenols is 1. The number of aryl methyl sites for hydroxylation is 1. The summed E-state index contributed by atoms with van der Waals surface area (Å²) < 4.78 is 5.91. The highest BCUT2D eigenvalue weighted by atomic mass is 16.6. The number of hydrogen-bond acceptors (Lipinski definition) is 3. The number of fused-ring (bicyclic) bond motifs is 4. The van der Waals surface area contributed by atoms with Crippen LogP contribution in [0.1, 0.15) is 69.4 Å². The molecule has 3 rings (SSSR count). The fourth-order valence-corrected chi connectivity index (χ4v) is 4.21. The molecule has 1 aromatic carbocycles. The van der Waals surface area contributed by atoms with E-state index in [2.05, 4.69) is 13.5 Å². The van der Waals surface area contributed by atoms with Crippen LogP contribution in [-0.2, 0) is 6.42 Å². The molecule has 0 saturated heterocycles. The van der Waals surface area contributed by atoms with Crippen LogP contribution in [0.2, 0.25) is 0 Å². The summed E-state index contributed by atoms with van der Waals surface area (Å²) in [6.45, 7) is 8.34. The van der Waals surface area contributed by atoms with Gasteiger partial charge in [0, 0.05) is 24.3 Å². The molecule has 1 aliphatic carbocycles. The minimum atomic E-state index is -1.09. The van der Waals surface area contributed by atoms with Gasteiger partial charge in [-0.2, -0.15) is 0 Å². The zero-order valence-corrected chi connectivity index (χ0v) is 14.3. The lowest BCUT2D eigenvalue weighted by Gasteiger charge is -2.46. The molecule has 126 valence electrons. The Morgan fingerprint density at radius 3 is 2.87 bits per heavy atom. The highest BCUT2D eigenvalue weighted by Gasteiger charge is 2.48. The van der Waals surface area contributed by atoms with Gasteiger partial charge in [0.05, 0.1) is 0 Å². The maximum absolute atomic E-state index is 10.7. The predicted octanol–water partition coefficient (Wildman–Crippen LogP) is 4.67. The summed E-state index contributed by atoms with van der Waals surface area (Å²) in [6.07, 6.45) is 6.43. The lowest BCUT2D eigenvalue weighted by molar-refractivity contribution is -0.178. The van der Waals surface area contributed by atoms with Gasteiger partial charge in [0.2, 0.25) is 5.79 Å². The van der Waals surface area contributed by atoms with E-state index in [1.807, 2.05) is 19.1 Å². The van der Waals surface area contributed by atoms with Gasteiger partial charge in [-0.3, -0.25) is 0 Å². The Labute approximate surface area is 139 Å². The Morgan fingerprint density at radius 2 is 2.17 bits per heavy atom. The molecule has 23 heavy (non-hydrogen) atoms. The zero-order chi connectivity index (χ0) is 16.6. The summed E-state index contributed by atoms with van der Waals surface area (Å²) >= 11 is 0. The number of ether oxygens (including phenoxy) is 1. The quantitative estimate of drug-likeness (QED) is 0.613. The second kappa shape index (κ2) is 6.20. The molecular formula is C20H28O3. The Hall–Kier alpha value is -1.48. The number of benzene rings is 1. The molecule has 0 aromatic heterocycles. The number of aliphatic hydroxyl groups is 1. The van der Waals surface area contributed by atoms with E-state index in [-0.39, 0.29) is 5.92 Å². The third kappa shape index (κ3) is 3.12. The minimum absolute atomic E-state index is 0.0969. The highest BCUT2D eigenvalue weighted by Crippen LogP contribution is 2.55. The van der Waals surface area contributed by atoms with Crippen molar-refractivity contribution in [1.29, 1.82) is 0 Å². The molecule has 3 heteroatoms. The van der Waals surface area contributed by atoms with Crippen molar-refractivity contribution in [3.05, 3.63) is 35.4 Å². The van der Waals surface area contributed by atoms with Crippen LogP contribution in [0.5, 0.6) is 11.5 Å². The molecule has 2 bridgehead atoms. The molecule has 3 nitrogen and oxygen atoms in total. The third-order valence-electron chi connectivity index (χ3n) is 5.42. The lowest BCUT2D eigenvalue weighted by atomic mass is 9.68. The molecule has 0 radical (unpaired) electrons.